The first kappa shape index (κ1) is 17.2. The van der Waals surface area contributed by atoms with Gasteiger partial charge in [0.25, 0.3) is 0 Å². The molecule has 2 rings (SSSR count). The molecule has 0 aromatic heterocycles. The van der Waals surface area contributed by atoms with Crippen molar-refractivity contribution in [2.45, 2.75) is 50.5 Å². The van der Waals surface area contributed by atoms with E-state index in [0.29, 0.717) is 13.2 Å². The SMILES string of the molecule is COCc1ccc(CNC(=O)C[S@@](=O)C2CCCCC2)cc1. The molecule has 0 spiro atoms. The van der Waals surface area contributed by atoms with E-state index in [2.05, 4.69) is 5.32 Å². The third kappa shape index (κ3) is 5.54. The highest BCUT2D eigenvalue weighted by atomic mass is 32.2. The van der Waals surface area contributed by atoms with Crippen molar-refractivity contribution in [2.24, 2.45) is 0 Å². The number of hydrogen-bond donors (Lipinski definition) is 1. The van der Waals surface area contributed by atoms with Crippen molar-refractivity contribution >= 4 is 16.7 Å². The number of hydrogen-bond acceptors (Lipinski definition) is 3. The first-order valence-electron chi connectivity index (χ1n) is 7.89. The van der Waals surface area contributed by atoms with Gasteiger partial charge in [0.1, 0.15) is 5.75 Å². The molecule has 1 aromatic carbocycles. The lowest BCUT2D eigenvalue weighted by Gasteiger charge is -2.20. The Morgan fingerprint density at radius 3 is 2.45 bits per heavy atom. The Hall–Kier alpha value is -1.20. The molecular weight excluding hydrogens is 298 g/mol. The Labute approximate surface area is 135 Å². The van der Waals surface area contributed by atoms with Crippen LogP contribution < -0.4 is 5.32 Å². The summed E-state index contributed by atoms with van der Waals surface area (Å²) < 4.78 is 17.2. The second kappa shape index (κ2) is 9.06. The van der Waals surface area contributed by atoms with Gasteiger partial charge in [-0.3, -0.25) is 9.00 Å². The second-order valence-electron chi connectivity index (χ2n) is 5.81. The number of ether oxygens (including phenoxy) is 1. The zero-order chi connectivity index (χ0) is 15.8. The maximum atomic E-state index is 12.2. The van der Waals surface area contributed by atoms with Crippen molar-refractivity contribution in [3.63, 3.8) is 0 Å². The third-order valence-corrected chi connectivity index (χ3v) is 5.78. The maximum absolute atomic E-state index is 12.2. The van der Waals surface area contributed by atoms with Gasteiger partial charge in [0, 0.05) is 29.7 Å². The molecule has 0 bridgehead atoms. The Kier molecular flexibility index (Phi) is 7.06. The lowest BCUT2D eigenvalue weighted by Crippen LogP contribution is -2.32. The second-order valence-corrected chi connectivity index (χ2v) is 7.53. The molecule has 0 aliphatic heterocycles. The van der Waals surface area contributed by atoms with Crippen molar-refractivity contribution < 1.29 is 13.7 Å². The molecule has 1 fully saturated rings. The van der Waals surface area contributed by atoms with Crippen LogP contribution in [0.15, 0.2) is 24.3 Å². The van der Waals surface area contributed by atoms with Crippen molar-refractivity contribution in [3.05, 3.63) is 35.4 Å². The first-order chi connectivity index (χ1) is 10.7. The van der Waals surface area contributed by atoms with Crippen molar-refractivity contribution in [1.82, 2.24) is 5.32 Å². The predicted octanol–water partition coefficient (Wildman–Crippen LogP) is 2.53. The molecule has 0 heterocycles. The van der Waals surface area contributed by atoms with Crippen LogP contribution in [0.1, 0.15) is 43.2 Å². The zero-order valence-electron chi connectivity index (χ0n) is 13.2. The average molecular weight is 323 g/mol. The topological polar surface area (TPSA) is 55.4 Å². The monoisotopic (exact) mass is 323 g/mol. The minimum Gasteiger partial charge on any atom is -0.380 e. The smallest absolute Gasteiger partial charge is 0.232 e. The molecule has 1 N–H and O–H groups in total. The summed E-state index contributed by atoms with van der Waals surface area (Å²) in [5, 5.41) is 3.07. The van der Waals surface area contributed by atoms with Crippen LogP contribution >= 0.6 is 0 Å². The van der Waals surface area contributed by atoms with E-state index in [0.717, 1.165) is 36.8 Å². The summed E-state index contributed by atoms with van der Waals surface area (Å²) in [6, 6.07) is 7.94. The molecule has 22 heavy (non-hydrogen) atoms. The Morgan fingerprint density at radius 1 is 1.18 bits per heavy atom. The number of methoxy groups -OCH3 is 1. The zero-order valence-corrected chi connectivity index (χ0v) is 14.0. The van der Waals surface area contributed by atoms with Gasteiger partial charge in [0.05, 0.1) is 6.61 Å². The van der Waals surface area contributed by atoms with Crippen LogP contribution in [-0.4, -0.2) is 28.2 Å². The Balaban J connectivity index is 1.73. The molecule has 0 saturated heterocycles. The normalized spacial score (nSPS) is 17.1. The highest BCUT2D eigenvalue weighted by Gasteiger charge is 2.21. The average Bonchev–Trinajstić information content (AvgIpc) is 2.55. The molecule has 1 aliphatic rings. The number of rotatable bonds is 7. The number of amides is 1. The summed E-state index contributed by atoms with van der Waals surface area (Å²) in [5.41, 5.74) is 2.15. The third-order valence-electron chi connectivity index (χ3n) is 4.02. The van der Waals surface area contributed by atoms with E-state index in [1.54, 1.807) is 7.11 Å². The quantitative estimate of drug-likeness (QED) is 0.839. The molecule has 5 heteroatoms. The van der Waals surface area contributed by atoms with Gasteiger partial charge in [-0.2, -0.15) is 0 Å². The summed E-state index contributed by atoms with van der Waals surface area (Å²) in [4.78, 5) is 11.9. The fraction of sp³-hybridized carbons (Fsp3) is 0.588. The lowest BCUT2D eigenvalue weighted by atomic mass is 10.0. The van der Waals surface area contributed by atoms with Crippen molar-refractivity contribution in [1.29, 1.82) is 0 Å². The fourth-order valence-corrected chi connectivity index (χ4v) is 4.20. The number of carbonyl (C=O) groups is 1. The van der Waals surface area contributed by atoms with Crippen LogP contribution in [0.25, 0.3) is 0 Å². The summed E-state index contributed by atoms with van der Waals surface area (Å²) in [6.07, 6.45) is 5.53. The summed E-state index contributed by atoms with van der Waals surface area (Å²) in [5.74, 6) is 0.0109. The van der Waals surface area contributed by atoms with Crippen LogP contribution in [0.3, 0.4) is 0 Å². The van der Waals surface area contributed by atoms with Gasteiger partial charge in [-0.15, -0.1) is 0 Å². The van der Waals surface area contributed by atoms with Crippen LogP contribution in [0.5, 0.6) is 0 Å². The van der Waals surface area contributed by atoms with Crippen LogP contribution in [-0.2, 0) is 33.5 Å². The fourth-order valence-electron chi connectivity index (χ4n) is 2.75. The molecule has 1 amide bonds. The summed E-state index contributed by atoms with van der Waals surface area (Å²) in [7, 11) is 0.638. The number of benzene rings is 1. The van der Waals surface area contributed by atoms with Crippen molar-refractivity contribution in [3.8, 4) is 0 Å². The predicted molar refractivity (Wildman–Crippen MR) is 88.9 cm³/mol. The summed E-state index contributed by atoms with van der Waals surface area (Å²) >= 11 is 0. The van der Waals surface area contributed by atoms with Gasteiger partial charge in [0.2, 0.25) is 5.91 Å². The minimum atomic E-state index is -1.03. The standard InChI is InChI=1S/C17H25NO3S/c1-21-12-15-9-7-14(8-10-15)11-18-17(19)13-22(20)16-5-3-2-4-6-16/h7-10,16H,2-6,11-13H2,1H3,(H,18,19)/t22-/m1/s1. The minimum absolute atomic E-state index is 0.120. The molecular formula is C17H25NO3S. The molecule has 0 radical (unpaired) electrons. The van der Waals surface area contributed by atoms with Gasteiger partial charge in [0.15, 0.2) is 0 Å². The van der Waals surface area contributed by atoms with E-state index in [4.69, 9.17) is 4.74 Å². The molecule has 1 atom stereocenters. The number of nitrogens with one attached hydrogen (secondary N) is 1. The van der Waals surface area contributed by atoms with Gasteiger partial charge in [-0.1, -0.05) is 43.5 Å². The molecule has 1 saturated carbocycles. The largest absolute Gasteiger partial charge is 0.380 e. The number of carbonyl (C=O) groups excluding carboxylic acids is 1. The lowest BCUT2D eigenvalue weighted by molar-refractivity contribution is -0.118. The van der Waals surface area contributed by atoms with E-state index in [1.807, 2.05) is 24.3 Å². The van der Waals surface area contributed by atoms with E-state index in [-0.39, 0.29) is 16.9 Å². The maximum Gasteiger partial charge on any atom is 0.232 e. The molecule has 122 valence electrons. The molecule has 1 aliphatic carbocycles. The van der Waals surface area contributed by atoms with Gasteiger partial charge >= 0.3 is 0 Å². The van der Waals surface area contributed by atoms with Gasteiger partial charge in [-0.25, -0.2) is 0 Å². The Bertz CT molecular complexity index is 495. The molecule has 4 nitrogen and oxygen atoms in total. The van der Waals surface area contributed by atoms with E-state index >= 15 is 0 Å². The van der Waals surface area contributed by atoms with Crippen LogP contribution in [0.2, 0.25) is 0 Å². The highest BCUT2D eigenvalue weighted by molar-refractivity contribution is 7.86. The van der Waals surface area contributed by atoms with Crippen molar-refractivity contribution in [2.75, 3.05) is 12.9 Å². The van der Waals surface area contributed by atoms with E-state index in [1.165, 1.54) is 6.42 Å². The summed E-state index contributed by atoms with van der Waals surface area (Å²) in [6.45, 7) is 1.07. The van der Waals surface area contributed by atoms with E-state index < -0.39 is 10.8 Å². The molecule has 0 unspecified atom stereocenters. The van der Waals surface area contributed by atoms with Crippen LogP contribution in [0.4, 0.5) is 0 Å². The molecule has 1 aromatic rings. The van der Waals surface area contributed by atoms with Gasteiger partial charge in [-0.05, 0) is 24.0 Å². The van der Waals surface area contributed by atoms with E-state index in [9.17, 15) is 9.00 Å². The Morgan fingerprint density at radius 2 is 1.82 bits per heavy atom. The highest BCUT2D eigenvalue weighted by Crippen LogP contribution is 2.22. The van der Waals surface area contributed by atoms with Gasteiger partial charge < -0.3 is 10.1 Å². The first-order valence-corrected chi connectivity index (χ1v) is 9.28. The van der Waals surface area contributed by atoms with Crippen LogP contribution in [0, 0.1) is 0 Å².